The lowest BCUT2D eigenvalue weighted by atomic mass is 9.92. The molecule has 0 radical (unpaired) electrons. The number of esters is 1. The van der Waals surface area contributed by atoms with Gasteiger partial charge in [-0.2, -0.15) is 0 Å². The van der Waals surface area contributed by atoms with Crippen molar-refractivity contribution < 1.29 is 9.53 Å². The minimum absolute atomic E-state index is 0.242. The SMILES string of the molecule is CCC1(CC)CC(N)C(=O)O1. The second-order valence-corrected chi connectivity index (χ2v) is 3.12. The summed E-state index contributed by atoms with van der Waals surface area (Å²) in [5, 5.41) is 0. The number of carbonyl (C=O) groups is 1. The van der Waals surface area contributed by atoms with Gasteiger partial charge < -0.3 is 10.5 Å². The quantitative estimate of drug-likeness (QED) is 0.604. The Balaban J connectivity index is 2.68. The summed E-state index contributed by atoms with van der Waals surface area (Å²) in [5.41, 5.74) is 5.28. The molecule has 64 valence electrons. The number of ether oxygens (including phenoxy) is 1. The zero-order valence-corrected chi connectivity index (χ0v) is 7.09. The number of carbonyl (C=O) groups excluding carboxylic acids is 1. The van der Waals surface area contributed by atoms with Gasteiger partial charge in [0.15, 0.2) is 0 Å². The summed E-state index contributed by atoms with van der Waals surface area (Å²) < 4.78 is 5.20. The second kappa shape index (κ2) is 2.81. The van der Waals surface area contributed by atoms with Crippen LogP contribution in [0.2, 0.25) is 0 Å². The summed E-state index contributed by atoms with van der Waals surface area (Å²) in [6.45, 7) is 4.05. The minimum atomic E-state index is -0.394. The molecule has 3 nitrogen and oxygen atoms in total. The summed E-state index contributed by atoms with van der Waals surface area (Å²) in [7, 11) is 0. The fourth-order valence-corrected chi connectivity index (χ4v) is 1.50. The van der Waals surface area contributed by atoms with Crippen LogP contribution in [-0.4, -0.2) is 17.6 Å². The van der Waals surface area contributed by atoms with Crippen molar-refractivity contribution in [3.63, 3.8) is 0 Å². The van der Waals surface area contributed by atoms with Gasteiger partial charge in [0.05, 0.1) is 0 Å². The number of nitrogens with two attached hydrogens (primary N) is 1. The van der Waals surface area contributed by atoms with E-state index in [1.165, 1.54) is 0 Å². The van der Waals surface area contributed by atoms with E-state index < -0.39 is 6.04 Å². The lowest BCUT2D eigenvalue weighted by Crippen LogP contribution is -2.27. The van der Waals surface area contributed by atoms with Gasteiger partial charge in [-0.05, 0) is 12.8 Å². The molecule has 0 aromatic rings. The molecule has 0 aromatic heterocycles. The number of rotatable bonds is 2. The van der Waals surface area contributed by atoms with Crippen molar-refractivity contribution in [3.05, 3.63) is 0 Å². The van der Waals surface area contributed by atoms with Gasteiger partial charge in [0.1, 0.15) is 11.6 Å². The summed E-state index contributed by atoms with van der Waals surface area (Å²) >= 11 is 0. The highest BCUT2D eigenvalue weighted by atomic mass is 16.6. The largest absolute Gasteiger partial charge is 0.458 e. The van der Waals surface area contributed by atoms with E-state index in [1.54, 1.807) is 0 Å². The first-order chi connectivity index (χ1) is 5.13. The van der Waals surface area contributed by atoms with E-state index in [0.717, 1.165) is 12.8 Å². The Morgan fingerprint density at radius 3 is 2.36 bits per heavy atom. The van der Waals surface area contributed by atoms with E-state index in [-0.39, 0.29) is 11.6 Å². The fraction of sp³-hybridized carbons (Fsp3) is 0.875. The van der Waals surface area contributed by atoms with Crippen molar-refractivity contribution >= 4 is 5.97 Å². The van der Waals surface area contributed by atoms with Crippen LogP contribution in [0.15, 0.2) is 0 Å². The Morgan fingerprint density at radius 2 is 2.18 bits per heavy atom. The van der Waals surface area contributed by atoms with Crippen LogP contribution in [0.1, 0.15) is 33.1 Å². The third-order valence-electron chi connectivity index (χ3n) is 2.50. The van der Waals surface area contributed by atoms with Gasteiger partial charge >= 0.3 is 5.97 Å². The normalized spacial score (nSPS) is 28.6. The molecule has 0 amide bonds. The van der Waals surface area contributed by atoms with E-state index >= 15 is 0 Å². The summed E-state index contributed by atoms with van der Waals surface area (Å²) in [6.07, 6.45) is 2.41. The molecule has 1 fully saturated rings. The van der Waals surface area contributed by atoms with Crippen molar-refractivity contribution in [2.75, 3.05) is 0 Å². The van der Waals surface area contributed by atoms with Gasteiger partial charge in [0.25, 0.3) is 0 Å². The molecule has 0 aromatic carbocycles. The van der Waals surface area contributed by atoms with Crippen molar-refractivity contribution in [1.82, 2.24) is 0 Å². The van der Waals surface area contributed by atoms with Gasteiger partial charge in [0.2, 0.25) is 0 Å². The summed E-state index contributed by atoms with van der Waals surface area (Å²) in [4.78, 5) is 11.0. The monoisotopic (exact) mass is 157 g/mol. The van der Waals surface area contributed by atoms with Gasteiger partial charge in [-0.25, -0.2) is 0 Å². The lowest BCUT2D eigenvalue weighted by Gasteiger charge is -2.23. The zero-order valence-electron chi connectivity index (χ0n) is 7.09. The smallest absolute Gasteiger partial charge is 0.323 e. The highest BCUT2D eigenvalue weighted by molar-refractivity contribution is 5.78. The van der Waals surface area contributed by atoms with Crippen molar-refractivity contribution in [1.29, 1.82) is 0 Å². The van der Waals surface area contributed by atoms with Crippen molar-refractivity contribution in [2.45, 2.75) is 44.8 Å². The molecule has 0 bridgehead atoms. The predicted molar refractivity (Wildman–Crippen MR) is 42.0 cm³/mol. The maximum atomic E-state index is 11.0. The first-order valence-electron chi connectivity index (χ1n) is 4.12. The predicted octanol–water partition coefficient (Wildman–Crippen LogP) is 0.819. The average Bonchev–Trinajstić information content (AvgIpc) is 2.29. The molecular formula is C8H15NO2. The van der Waals surface area contributed by atoms with Crippen LogP contribution in [-0.2, 0) is 9.53 Å². The molecule has 0 spiro atoms. The molecule has 3 heteroatoms. The Hall–Kier alpha value is -0.570. The molecule has 1 rings (SSSR count). The molecule has 1 unspecified atom stereocenters. The van der Waals surface area contributed by atoms with Crippen LogP contribution in [0.3, 0.4) is 0 Å². The van der Waals surface area contributed by atoms with E-state index in [1.807, 2.05) is 13.8 Å². The summed E-state index contributed by atoms with van der Waals surface area (Å²) in [6, 6.07) is -0.394. The first kappa shape index (κ1) is 8.53. The summed E-state index contributed by atoms with van der Waals surface area (Å²) in [5.74, 6) is -0.242. The van der Waals surface area contributed by atoms with E-state index in [4.69, 9.17) is 10.5 Å². The van der Waals surface area contributed by atoms with Crippen LogP contribution in [0.25, 0.3) is 0 Å². The Kier molecular flexibility index (Phi) is 2.18. The van der Waals surface area contributed by atoms with Gasteiger partial charge in [0, 0.05) is 6.42 Å². The van der Waals surface area contributed by atoms with Gasteiger partial charge in [-0.15, -0.1) is 0 Å². The highest BCUT2D eigenvalue weighted by Gasteiger charge is 2.42. The molecule has 1 heterocycles. The first-order valence-corrected chi connectivity index (χ1v) is 4.12. The molecule has 1 saturated heterocycles. The highest BCUT2D eigenvalue weighted by Crippen LogP contribution is 2.31. The standard InChI is InChI=1S/C8H15NO2/c1-3-8(4-2)5-6(9)7(10)11-8/h6H,3-5,9H2,1-2H3. The molecule has 0 aliphatic carbocycles. The van der Waals surface area contributed by atoms with Crippen molar-refractivity contribution in [3.8, 4) is 0 Å². The van der Waals surface area contributed by atoms with Crippen molar-refractivity contribution in [2.24, 2.45) is 5.73 Å². The van der Waals surface area contributed by atoms with Crippen LogP contribution < -0.4 is 5.73 Å². The number of hydrogen-bond donors (Lipinski definition) is 1. The Bertz CT molecular complexity index is 163. The maximum Gasteiger partial charge on any atom is 0.323 e. The average molecular weight is 157 g/mol. The molecule has 0 saturated carbocycles. The lowest BCUT2D eigenvalue weighted by molar-refractivity contribution is -0.149. The van der Waals surface area contributed by atoms with Crippen LogP contribution >= 0.6 is 0 Å². The molecule has 1 aliphatic rings. The van der Waals surface area contributed by atoms with Crippen LogP contribution in [0.5, 0.6) is 0 Å². The topological polar surface area (TPSA) is 52.3 Å². The molecular weight excluding hydrogens is 142 g/mol. The molecule has 11 heavy (non-hydrogen) atoms. The van der Waals surface area contributed by atoms with Gasteiger partial charge in [-0.1, -0.05) is 13.8 Å². The second-order valence-electron chi connectivity index (χ2n) is 3.12. The number of cyclic esters (lactones) is 1. The third kappa shape index (κ3) is 1.38. The third-order valence-corrected chi connectivity index (χ3v) is 2.50. The van der Waals surface area contributed by atoms with Crippen LogP contribution in [0.4, 0.5) is 0 Å². The minimum Gasteiger partial charge on any atom is -0.458 e. The fourth-order valence-electron chi connectivity index (χ4n) is 1.50. The maximum absolute atomic E-state index is 11.0. The van der Waals surface area contributed by atoms with E-state index in [9.17, 15) is 4.79 Å². The van der Waals surface area contributed by atoms with E-state index in [0.29, 0.717) is 6.42 Å². The Labute approximate surface area is 66.9 Å². The number of hydrogen-bond acceptors (Lipinski definition) is 3. The zero-order chi connectivity index (χ0) is 8.48. The molecule has 1 aliphatic heterocycles. The molecule has 1 atom stereocenters. The van der Waals surface area contributed by atoms with E-state index in [2.05, 4.69) is 0 Å². The molecule has 2 N–H and O–H groups in total. The Morgan fingerprint density at radius 1 is 1.64 bits per heavy atom. The van der Waals surface area contributed by atoms with Crippen LogP contribution in [0, 0.1) is 0 Å². The van der Waals surface area contributed by atoms with Gasteiger partial charge in [-0.3, -0.25) is 4.79 Å².